The van der Waals surface area contributed by atoms with Crippen molar-refractivity contribution >= 4 is 11.1 Å². The number of benzene rings is 3. The molecule has 202 valence electrons. The molecule has 2 atom stereocenters. The van der Waals surface area contributed by atoms with Crippen LogP contribution in [0.15, 0.2) is 150 Å². The number of nitrogens with one attached hydrogen (secondary N) is 1. The first-order valence-corrected chi connectivity index (χ1v) is 15.4. The first kappa shape index (κ1) is 24.0. The van der Waals surface area contributed by atoms with Gasteiger partial charge in [-0.25, -0.2) is 0 Å². The Kier molecular flexibility index (Phi) is 5.11. The molecule has 3 aromatic carbocycles. The Morgan fingerprint density at radius 3 is 2.38 bits per heavy atom. The van der Waals surface area contributed by atoms with Gasteiger partial charge in [0.05, 0.1) is 5.41 Å². The third-order valence-electron chi connectivity index (χ3n) is 10.1. The van der Waals surface area contributed by atoms with Crippen LogP contribution in [-0.2, 0) is 5.41 Å². The maximum atomic E-state index is 3.62. The summed E-state index contributed by atoms with van der Waals surface area (Å²) in [6.07, 6.45) is 26.6. The Morgan fingerprint density at radius 2 is 1.57 bits per heavy atom. The van der Waals surface area contributed by atoms with Crippen LogP contribution in [0.5, 0.6) is 0 Å². The molecule has 1 nitrogen and oxygen atoms in total. The predicted molar refractivity (Wildman–Crippen MR) is 175 cm³/mol. The molecule has 0 saturated carbocycles. The van der Waals surface area contributed by atoms with E-state index in [-0.39, 0.29) is 5.41 Å². The monoisotopic (exact) mass is 539 g/mol. The molecule has 1 aliphatic heterocycles. The first-order valence-electron chi connectivity index (χ1n) is 15.4. The van der Waals surface area contributed by atoms with Crippen molar-refractivity contribution in [2.24, 2.45) is 5.92 Å². The van der Waals surface area contributed by atoms with Gasteiger partial charge in [0.1, 0.15) is 0 Å². The van der Waals surface area contributed by atoms with Gasteiger partial charge in [-0.05, 0) is 111 Å². The summed E-state index contributed by atoms with van der Waals surface area (Å²) in [6.45, 7) is 2.20. The van der Waals surface area contributed by atoms with Crippen molar-refractivity contribution < 1.29 is 0 Å². The van der Waals surface area contributed by atoms with E-state index in [4.69, 9.17) is 0 Å². The second-order valence-electron chi connectivity index (χ2n) is 12.4. The third-order valence-corrected chi connectivity index (χ3v) is 10.1. The molecule has 5 aliphatic carbocycles. The Labute approximate surface area is 248 Å². The van der Waals surface area contributed by atoms with Crippen LogP contribution in [0, 0.1) is 5.92 Å². The van der Waals surface area contributed by atoms with E-state index in [1.807, 2.05) is 0 Å². The molecule has 0 saturated heterocycles. The molecule has 0 aromatic heterocycles. The zero-order valence-electron chi connectivity index (χ0n) is 23.9. The maximum absolute atomic E-state index is 3.62. The molecule has 0 fully saturated rings. The minimum atomic E-state index is -0.226. The number of hydrogen-bond acceptors (Lipinski definition) is 1. The lowest BCUT2D eigenvalue weighted by molar-refractivity contribution is 0.722. The van der Waals surface area contributed by atoms with E-state index in [1.165, 1.54) is 72.5 Å². The van der Waals surface area contributed by atoms with Crippen molar-refractivity contribution in [1.82, 2.24) is 5.32 Å². The molecule has 6 aliphatic rings. The number of rotatable bonds is 2. The number of dihydropyridines is 1. The van der Waals surface area contributed by atoms with Crippen LogP contribution in [0.25, 0.3) is 22.3 Å². The summed E-state index contributed by atoms with van der Waals surface area (Å²) in [5, 5.41) is 3.62. The third kappa shape index (κ3) is 3.25. The minimum absolute atomic E-state index is 0.226. The van der Waals surface area contributed by atoms with Crippen LogP contribution in [0.1, 0.15) is 54.0 Å². The van der Waals surface area contributed by atoms with E-state index in [2.05, 4.69) is 140 Å². The molecule has 1 heterocycles. The molecular weight excluding hydrogens is 506 g/mol. The second kappa shape index (κ2) is 8.94. The maximum Gasteiger partial charge on any atom is 0.0722 e. The van der Waals surface area contributed by atoms with Crippen molar-refractivity contribution in [3.63, 3.8) is 0 Å². The lowest BCUT2D eigenvalue weighted by Crippen LogP contribution is -2.27. The molecule has 0 radical (unpaired) electrons. The van der Waals surface area contributed by atoms with Gasteiger partial charge in [-0.3, -0.25) is 0 Å². The summed E-state index contributed by atoms with van der Waals surface area (Å²) in [7, 11) is 0. The number of fused-ring (bicyclic) bond motifs is 10. The van der Waals surface area contributed by atoms with Crippen LogP contribution in [-0.4, -0.2) is 6.04 Å². The molecule has 42 heavy (non-hydrogen) atoms. The average Bonchev–Trinajstić information content (AvgIpc) is 3.51. The van der Waals surface area contributed by atoms with Crippen molar-refractivity contribution in [2.75, 3.05) is 0 Å². The molecule has 3 aromatic rings. The zero-order chi connectivity index (χ0) is 27.8. The first-order chi connectivity index (χ1) is 20.7. The molecule has 1 spiro atoms. The smallest absolute Gasteiger partial charge is 0.0722 e. The molecule has 0 amide bonds. The highest BCUT2D eigenvalue weighted by atomic mass is 14.9. The van der Waals surface area contributed by atoms with Gasteiger partial charge in [0.25, 0.3) is 0 Å². The largest absolute Gasteiger partial charge is 0.379 e. The van der Waals surface area contributed by atoms with E-state index in [9.17, 15) is 0 Å². The summed E-state index contributed by atoms with van der Waals surface area (Å²) >= 11 is 0. The fourth-order valence-electron chi connectivity index (χ4n) is 8.29. The minimum Gasteiger partial charge on any atom is -0.379 e. The van der Waals surface area contributed by atoms with Gasteiger partial charge >= 0.3 is 0 Å². The van der Waals surface area contributed by atoms with Gasteiger partial charge in [0.2, 0.25) is 0 Å². The summed E-state index contributed by atoms with van der Waals surface area (Å²) in [5.41, 5.74) is 17.8. The Morgan fingerprint density at radius 1 is 0.786 bits per heavy atom. The topological polar surface area (TPSA) is 12.0 Å². The molecule has 1 heteroatoms. The van der Waals surface area contributed by atoms with Gasteiger partial charge in [-0.15, -0.1) is 0 Å². The van der Waals surface area contributed by atoms with Crippen LogP contribution in [0.4, 0.5) is 0 Å². The van der Waals surface area contributed by atoms with E-state index in [1.54, 1.807) is 0 Å². The molecule has 9 rings (SSSR count). The van der Waals surface area contributed by atoms with Crippen molar-refractivity contribution in [3.8, 4) is 11.1 Å². The number of hydrogen-bond donors (Lipinski definition) is 1. The van der Waals surface area contributed by atoms with Gasteiger partial charge in [-0.1, -0.05) is 109 Å². The highest BCUT2D eigenvalue weighted by molar-refractivity contribution is 5.96. The molecule has 2 unspecified atom stereocenters. The number of allylic oxidation sites excluding steroid dienone is 13. The Balaban J connectivity index is 1.17. The molecule has 1 N–H and O–H groups in total. The summed E-state index contributed by atoms with van der Waals surface area (Å²) < 4.78 is 0. The van der Waals surface area contributed by atoms with Gasteiger partial charge in [0.15, 0.2) is 0 Å². The average molecular weight is 540 g/mol. The quantitative estimate of drug-likeness (QED) is 0.342. The van der Waals surface area contributed by atoms with E-state index < -0.39 is 0 Å². The fraction of sp³-hybridized carbons (Fsp3) is 0.171. The van der Waals surface area contributed by atoms with Gasteiger partial charge in [0, 0.05) is 17.7 Å². The predicted octanol–water partition coefficient (Wildman–Crippen LogP) is 9.38. The normalized spacial score (nSPS) is 23.6. The van der Waals surface area contributed by atoms with E-state index in [0.717, 1.165) is 19.3 Å². The van der Waals surface area contributed by atoms with Crippen molar-refractivity contribution in [2.45, 2.75) is 37.6 Å². The van der Waals surface area contributed by atoms with Crippen LogP contribution < -0.4 is 5.32 Å². The SMILES string of the molecule is CC1C=CC=C(C2=CC3=CC(c4ccc5c(c4)C4=C(C=CCC4)C54c5ccccc5-c5ccccc54)=CCC3C=C2)N1. The highest BCUT2D eigenvalue weighted by Gasteiger charge is 2.52. The van der Waals surface area contributed by atoms with Gasteiger partial charge < -0.3 is 5.32 Å². The van der Waals surface area contributed by atoms with Gasteiger partial charge in [-0.2, -0.15) is 0 Å². The fourth-order valence-corrected chi connectivity index (χ4v) is 8.29. The van der Waals surface area contributed by atoms with Crippen LogP contribution >= 0.6 is 0 Å². The Bertz CT molecular complexity index is 1900. The van der Waals surface area contributed by atoms with Crippen LogP contribution in [0.3, 0.4) is 0 Å². The standard InChI is InChI=1S/C41H33N/c1-26-9-8-16-40(42-26)30-20-18-27-17-19-28(23-31(27)24-30)29-21-22-39-35(25-29)34-12-4-7-15-38(34)41(39)36-13-5-2-10-32(36)33-11-3-6-14-37(33)41/h2-3,5-11,13-16,18-27,42H,4,12,17H2,1H3. The van der Waals surface area contributed by atoms with E-state index >= 15 is 0 Å². The zero-order valence-corrected chi connectivity index (χ0v) is 23.9. The lowest BCUT2D eigenvalue weighted by Gasteiger charge is -2.32. The highest BCUT2D eigenvalue weighted by Crippen LogP contribution is 2.63. The summed E-state index contributed by atoms with van der Waals surface area (Å²) in [6, 6.07) is 25.9. The Hall–Kier alpha value is -4.62. The van der Waals surface area contributed by atoms with Crippen molar-refractivity contribution in [1.29, 1.82) is 0 Å². The summed E-state index contributed by atoms with van der Waals surface area (Å²) in [5.74, 6) is 0.455. The van der Waals surface area contributed by atoms with Crippen molar-refractivity contribution in [3.05, 3.63) is 178 Å². The van der Waals surface area contributed by atoms with Crippen LogP contribution in [0.2, 0.25) is 0 Å². The molecule has 0 bridgehead atoms. The lowest BCUT2D eigenvalue weighted by atomic mass is 9.69. The summed E-state index contributed by atoms with van der Waals surface area (Å²) in [4.78, 5) is 0. The molecular formula is C41H33N. The van der Waals surface area contributed by atoms with E-state index in [0.29, 0.717) is 12.0 Å². The second-order valence-corrected chi connectivity index (χ2v) is 12.4.